The van der Waals surface area contributed by atoms with Gasteiger partial charge in [0, 0.05) is 13.1 Å². The van der Waals surface area contributed by atoms with Crippen molar-refractivity contribution in [1.29, 1.82) is 0 Å². The van der Waals surface area contributed by atoms with Crippen LogP contribution in [0.1, 0.15) is 34.8 Å². The largest absolute Gasteiger partial charge is 0.484 e. The van der Waals surface area contributed by atoms with E-state index in [2.05, 4.69) is 17.6 Å². The first-order valence-corrected chi connectivity index (χ1v) is 9.24. The molecule has 0 spiro atoms. The third-order valence-electron chi connectivity index (χ3n) is 4.04. The molecule has 2 N–H and O–H groups in total. The van der Waals surface area contributed by atoms with E-state index in [1.807, 2.05) is 12.1 Å². The summed E-state index contributed by atoms with van der Waals surface area (Å²) in [6, 6.07) is 12.0. The minimum Gasteiger partial charge on any atom is -0.484 e. The van der Waals surface area contributed by atoms with Crippen LogP contribution in [0, 0.1) is 0 Å². The molecule has 0 atom stereocenters. The van der Waals surface area contributed by atoms with E-state index in [0.717, 1.165) is 25.0 Å². The van der Waals surface area contributed by atoms with Gasteiger partial charge in [-0.05, 0) is 36.2 Å². The van der Waals surface area contributed by atoms with E-state index in [-0.39, 0.29) is 19.7 Å². The van der Waals surface area contributed by atoms with Gasteiger partial charge in [-0.15, -0.1) is 0 Å². The number of alkyl halides is 3. The highest BCUT2D eigenvalue weighted by Crippen LogP contribution is 2.31. The number of amides is 2. The number of benzene rings is 2. The van der Waals surface area contributed by atoms with Crippen LogP contribution < -0.4 is 15.4 Å². The molecule has 0 saturated heterocycles. The molecule has 5 nitrogen and oxygen atoms in total. The van der Waals surface area contributed by atoms with Gasteiger partial charge in [-0.25, -0.2) is 0 Å². The van der Waals surface area contributed by atoms with Crippen LogP contribution in [0.15, 0.2) is 48.5 Å². The van der Waals surface area contributed by atoms with Gasteiger partial charge >= 0.3 is 6.18 Å². The summed E-state index contributed by atoms with van der Waals surface area (Å²) in [5.74, 6) is -0.680. The van der Waals surface area contributed by atoms with E-state index in [0.29, 0.717) is 5.75 Å². The zero-order valence-electron chi connectivity index (χ0n) is 16.0. The van der Waals surface area contributed by atoms with Crippen molar-refractivity contribution in [3.8, 4) is 5.75 Å². The third-order valence-corrected chi connectivity index (χ3v) is 4.04. The zero-order chi connectivity index (χ0) is 21.3. The van der Waals surface area contributed by atoms with E-state index < -0.39 is 29.1 Å². The molecular formula is C21H23F3N2O3. The molecule has 29 heavy (non-hydrogen) atoms. The van der Waals surface area contributed by atoms with Crippen LogP contribution in [-0.4, -0.2) is 31.5 Å². The average Bonchev–Trinajstić information content (AvgIpc) is 2.70. The first-order valence-electron chi connectivity index (χ1n) is 9.24. The van der Waals surface area contributed by atoms with Crippen molar-refractivity contribution in [1.82, 2.24) is 10.6 Å². The van der Waals surface area contributed by atoms with Crippen LogP contribution in [0.2, 0.25) is 0 Å². The summed E-state index contributed by atoms with van der Waals surface area (Å²) < 4.78 is 44.2. The standard InChI is InChI=1S/C21H23F3N2O3/c1-2-5-15-8-10-16(11-9-15)29-14-19(27)25-12-13-26-20(28)17-6-3-4-7-18(17)21(22,23)24/h3-4,6-11H,2,5,12-14H2,1H3,(H,25,27)(H,26,28). The van der Waals surface area contributed by atoms with Crippen molar-refractivity contribution in [2.24, 2.45) is 0 Å². The number of rotatable bonds is 9. The molecule has 2 amide bonds. The second kappa shape index (κ2) is 10.5. The minimum absolute atomic E-state index is 0.0114. The number of halogens is 3. The number of aryl methyl sites for hydroxylation is 1. The SMILES string of the molecule is CCCc1ccc(OCC(=O)NCCNC(=O)c2ccccc2C(F)(F)F)cc1. The molecule has 0 aliphatic heterocycles. The second-order valence-corrected chi connectivity index (χ2v) is 6.33. The molecule has 0 heterocycles. The number of ether oxygens (including phenoxy) is 1. The minimum atomic E-state index is -4.62. The highest BCUT2D eigenvalue weighted by Gasteiger charge is 2.34. The summed E-state index contributed by atoms with van der Waals surface area (Å²) in [6.07, 6.45) is -2.60. The predicted octanol–water partition coefficient (Wildman–Crippen LogP) is 3.58. The zero-order valence-corrected chi connectivity index (χ0v) is 16.0. The van der Waals surface area contributed by atoms with E-state index in [4.69, 9.17) is 4.74 Å². The highest BCUT2D eigenvalue weighted by molar-refractivity contribution is 5.95. The van der Waals surface area contributed by atoms with Crippen LogP contribution in [-0.2, 0) is 17.4 Å². The van der Waals surface area contributed by atoms with Crippen molar-refractivity contribution >= 4 is 11.8 Å². The Balaban J connectivity index is 1.72. The summed E-state index contributed by atoms with van der Waals surface area (Å²) in [7, 11) is 0. The van der Waals surface area contributed by atoms with Crippen molar-refractivity contribution in [3.05, 3.63) is 65.2 Å². The van der Waals surface area contributed by atoms with Gasteiger partial charge in [0.05, 0.1) is 11.1 Å². The van der Waals surface area contributed by atoms with Crippen LogP contribution in [0.25, 0.3) is 0 Å². The first kappa shape index (κ1) is 22.3. The molecule has 0 bridgehead atoms. The topological polar surface area (TPSA) is 67.4 Å². The normalized spacial score (nSPS) is 11.0. The number of hydrogen-bond acceptors (Lipinski definition) is 3. The number of carbonyl (C=O) groups is 2. The fraction of sp³-hybridized carbons (Fsp3) is 0.333. The molecule has 8 heteroatoms. The van der Waals surface area contributed by atoms with Crippen molar-refractivity contribution in [2.75, 3.05) is 19.7 Å². The smallest absolute Gasteiger partial charge is 0.417 e. The van der Waals surface area contributed by atoms with Crippen LogP contribution >= 0.6 is 0 Å². The third kappa shape index (κ3) is 7.14. The van der Waals surface area contributed by atoms with Crippen molar-refractivity contribution < 1.29 is 27.5 Å². The van der Waals surface area contributed by atoms with E-state index in [1.54, 1.807) is 12.1 Å². The molecule has 0 unspecified atom stereocenters. The van der Waals surface area contributed by atoms with E-state index in [1.165, 1.54) is 17.7 Å². The molecule has 0 saturated carbocycles. The lowest BCUT2D eigenvalue weighted by Crippen LogP contribution is -2.37. The molecule has 156 valence electrons. The Labute approximate surface area is 167 Å². The van der Waals surface area contributed by atoms with Gasteiger partial charge in [-0.3, -0.25) is 9.59 Å². The maximum absolute atomic E-state index is 12.9. The van der Waals surface area contributed by atoms with Gasteiger partial charge in [-0.1, -0.05) is 37.6 Å². The Bertz CT molecular complexity index is 821. The Kier molecular flexibility index (Phi) is 8.06. The molecule has 2 aromatic carbocycles. The fourth-order valence-electron chi connectivity index (χ4n) is 2.64. The molecule has 0 aliphatic rings. The maximum Gasteiger partial charge on any atom is 0.417 e. The van der Waals surface area contributed by atoms with Gasteiger partial charge in [0.1, 0.15) is 5.75 Å². The molecule has 2 rings (SSSR count). The molecule has 0 aliphatic carbocycles. The number of hydrogen-bond donors (Lipinski definition) is 2. The van der Waals surface area contributed by atoms with E-state index in [9.17, 15) is 22.8 Å². The highest BCUT2D eigenvalue weighted by atomic mass is 19.4. The van der Waals surface area contributed by atoms with Crippen LogP contribution in [0.3, 0.4) is 0 Å². The summed E-state index contributed by atoms with van der Waals surface area (Å²) >= 11 is 0. The summed E-state index contributed by atoms with van der Waals surface area (Å²) in [4.78, 5) is 23.8. The fourth-order valence-corrected chi connectivity index (χ4v) is 2.64. The Morgan fingerprint density at radius 1 is 0.966 bits per heavy atom. The Morgan fingerprint density at radius 2 is 1.62 bits per heavy atom. The Hall–Kier alpha value is -3.03. The lowest BCUT2D eigenvalue weighted by molar-refractivity contribution is -0.138. The summed E-state index contributed by atoms with van der Waals surface area (Å²) in [6.45, 7) is 1.95. The number of carbonyl (C=O) groups excluding carboxylic acids is 2. The van der Waals surface area contributed by atoms with Crippen molar-refractivity contribution in [3.63, 3.8) is 0 Å². The second-order valence-electron chi connectivity index (χ2n) is 6.33. The molecule has 0 fully saturated rings. The van der Waals surface area contributed by atoms with Crippen LogP contribution in [0.5, 0.6) is 5.75 Å². The summed E-state index contributed by atoms with van der Waals surface area (Å²) in [5.41, 5.74) is -0.270. The van der Waals surface area contributed by atoms with E-state index >= 15 is 0 Å². The molecular weight excluding hydrogens is 385 g/mol. The van der Waals surface area contributed by atoms with Gasteiger partial charge in [0.25, 0.3) is 11.8 Å². The van der Waals surface area contributed by atoms with Gasteiger partial charge < -0.3 is 15.4 Å². The molecule has 2 aromatic rings. The molecule has 0 aromatic heterocycles. The van der Waals surface area contributed by atoms with Gasteiger partial charge in [0.15, 0.2) is 6.61 Å². The lowest BCUT2D eigenvalue weighted by Gasteiger charge is -2.13. The average molecular weight is 408 g/mol. The van der Waals surface area contributed by atoms with Gasteiger partial charge in [0.2, 0.25) is 0 Å². The summed E-state index contributed by atoms with van der Waals surface area (Å²) in [5, 5.41) is 4.90. The predicted molar refractivity (Wildman–Crippen MR) is 103 cm³/mol. The lowest BCUT2D eigenvalue weighted by atomic mass is 10.1. The molecule has 0 radical (unpaired) electrons. The quantitative estimate of drug-likeness (QED) is 0.624. The Morgan fingerprint density at radius 3 is 2.28 bits per heavy atom. The van der Waals surface area contributed by atoms with Crippen molar-refractivity contribution in [2.45, 2.75) is 25.9 Å². The first-order chi connectivity index (χ1) is 13.8. The maximum atomic E-state index is 12.9. The van der Waals surface area contributed by atoms with Crippen LogP contribution in [0.4, 0.5) is 13.2 Å². The monoisotopic (exact) mass is 408 g/mol. The number of nitrogens with one attached hydrogen (secondary N) is 2. The van der Waals surface area contributed by atoms with Gasteiger partial charge in [-0.2, -0.15) is 13.2 Å².